The SMILES string of the molecule is CCNCCNC(=O)C(CC(CC(C)C(N)=O)C(=O)O)C(C(=O)O)C(C(=O)O)C(C)C(=O)NCCc1ccccc1. The molecule has 0 saturated heterocycles. The zero-order chi connectivity index (χ0) is 31.1. The van der Waals surface area contributed by atoms with Crippen molar-refractivity contribution in [3.63, 3.8) is 0 Å². The molecule has 0 bridgehead atoms. The van der Waals surface area contributed by atoms with Crippen LogP contribution in [0.25, 0.3) is 0 Å². The number of amides is 3. The van der Waals surface area contributed by atoms with E-state index in [4.69, 9.17) is 5.73 Å². The number of primary amides is 1. The number of carbonyl (C=O) groups is 6. The standard InChI is InChI=1S/C28H42N4O9/c1-4-30-12-13-32-25(35)20(15-19(26(36)37)14-16(2)23(29)33)22(28(40)41)21(27(38)39)17(3)24(34)31-11-10-18-8-6-5-7-9-18/h5-9,16-17,19-22,30H,4,10-15H2,1-3H3,(H2,29,33)(H,31,34)(H,32,35)(H,36,37)(H,38,39)(H,40,41). The lowest BCUT2D eigenvalue weighted by atomic mass is 9.71. The van der Waals surface area contributed by atoms with Crippen LogP contribution in [-0.4, -0.2) is 77.1 Å². The fraction of sp³-hybridized carbons (Fsp3) is 0.571. The second-order valence-electron chi connectivity index (χ2n) is 10.1. The third-order valence-electron chi connectivity index (χ3n) is 7.10. The Labute approximate surface area is 239 Å². The molecule has 1 aromatic rings. The summed E-state index contributed by atoms with van der Waals surface area (Å²) < 4.78 is 0. The maximum Gasteiger partial charge on any atom is 0.308 e. The third kappa shape index (κ3) is 11.6. The number of rotatable bonds is 20. The van der Waals surface area contributed by atoms with E-state index in [0.717, 1.165) is 5.56 Å². The molecule has 1 aromatic carbocycles. The molecule has 13 heteroatoms. The highest BCUT2D eigenvalue weighted by Crippen LogP contribution is 2.34. The van der Waals surface area contributed by atoms with Crippen molar-refractivity contribution in [3.8, 4) is 0 Å². The number of hydrogen-bond donors (Lipinski definition) is 7. The fourth-order valence-corrected chi connectivity index (χ4v) is 4.70. The van der Waals surface area contributed by atoms with Crippen LogP contribution in [0.15, 0.2) is 30.3 Å². The molecule has 0 aliphatic rings. The zero-order valence-corrected chi connectivity index (χ0v) is 23.7. The summed E-state index contributed by atoms with van der Waals surface area (Å²) in [6.45, 7) is 5.66. The molecular formula is C28H42N4O9. The largest absolute Gasteiger partial charge is 0.481 e. The predicted octanol–water partition coefficient (Wildman–Crippen LogP) is 0.327. The molecule has 13 nitrogen and oxygen atoms in total. The van der Waals surface area contributed by atoms with Crippen molar-refractivity contribution in [2.75, 3.05) is 26.2 Å². The molecule has 0 spiro atoms. The molecule has 0 saturated carbocycles. The van der Waals surface area contributed by atoms with Crippen LogP contribution in [0.3, 0.4) is 0 Å². The Bertz CT molecular complexity index is 1050. The van der Waals surface area contributed by atoms with Gasteiger partial charge in [0.1, 0.15) is 0 Å². The van der Waals surface area contributed by atoms with Crippen molar-refractivity contribution in [2.24, 2.45) is 41.2 Å². The van der Waals surface area contributed by atoms with Gasteiger partial charge in [-0.1, -0.05) is 51.1 Å². The number of nitrogens with two attached hydrogens (primary N) is 1. The van der Waals surface area contributed by atoms with Gasteiger partial charge in [0.05, 0.1) is 23.7 Å². The van der Waals surface area contributed by atoms with E-state index in [1.807, 2.05) is 37.3 Å². The number of aliphatic carboxylic acids is 3. The first-order valence-electron chi connectivity index (χ1n) is 13.6. The maximum absolute atomic E-state index is 13.3. The number of hydrogen-bond acceptors (Lipinski definition) is 7. The van der Waals surface area contributed by atoms with Gasteiger partial charge in [-0.25, -0.2) is 0 Å². The summed E-state index contributed by atoms with van der Waals surface area (Å²) in [6, 6.07) is 9.20. The van der Waals surface area contributed by atoms with Crippen LogP contribution in [0.4, 0.5) is 0 Å². The molecule has 0 aromatic heterocycles. The lowest BCUT2D eigenvalue weighted by Crippen LogP contribution is -2.49. The average molecular weight is 579 g/mol. The molecule has 0 radical (unpaired) electrons. The molecule has 1 rings (SSSR count). The molecule has 41 heavy (non-hydrogen) atoms. The van der Waals surface area contributed by atoms with Crippen LogP contribution < -0.4 is 21.7 Å². The highest BCUT2D eigenvalue weighted by Gasteiger charge is 2.48. The van der Waals surface area contributed by atoms with Crippen molar-refractivity contribution in [1.82, 2.24) is 16.0 Å². The Hall–Kier alpha value is -4.00. The van der Waals surface area contributed by atoms with Crippen molar-refractivity contribution in [1.29, 1.82) is 0 Å². The lowest BCUT2D eigenvalue weighted by molar-refractivity contribution is -0.163. The first kappa shape index (κ1) is 35.0. The van der Waals surface area contributed by atoms with E-state index >= 15 is 0 Å². The summed E-state index contributed by atoms with van der Waals surface area (Å²) in [6.07, 6.45) is -0.414. The van der Waals surface area contributed by atoms with Gasteiger partial charge in [0.25, 0.3) is 0 Å². The first-order valence-corrected chi connectivity index (χ1v) is 13.6. The summed E-state index contributed by atoms with van der Waals surface area (Å²) in [5, 5.41) is 38.2. The molecule has 3 amide bonds. The monoisotopic (exact) mass is 578 g/mol. The minimum absolute atomic E-state index is 0.0677. The quantitative estimate of drug-likeness (QED) is 0.105. The molecule has 8 N–H and O–H groups in total. The summed E-state index contributed by atoms with van der Waals surface area (Å²) in [5.41, 5.74) is 6.21. The average Bonchev–Trinajstić information content (AvgIpc) is 2.91. The molecular weight excluding hydrogens is 536 g/mol. The van der Waals surface area contributed by atoms with E-state index in [-0.39, 0.29) is 19.5 Å². The summed E-state index contributed by atoms with van der Waals surface area (Å²) >= 11 is 0. The van der Waals surface area contributed by atoms with E-state index in [1.165, 1.54) is 13.8 Å². The molecule has 0 aliphatic carbocycles. The number of likely N-dealkylation sites (N-methyl/N-ethyl adjacent to an activating group) is 1. The Kier molecular flexibility index (Phi) is 15.1. The van der Waals surface area contributed by atoms with Crippen molar-refractivity contribution in [2.45, 2.75) is 40.0 Å². The first-order chi connectivity index (χ1) is 19.3. The van der Waals surface area contributed by atoms with E-state index < -0.39 is 77.6 Å². The van der Waals surface area contributed by atoms with Gasteiger partial charge in [0.15, 0.2) is 0 Å². The molecule has 6 atom stereocenters. The number of benzene rings is 1. The molecule has 228 valence electrons. The maximum atomic E-state index is 13.3. The van der Waals surface area contributed by atoms with Gasteiger partial charge in [-0.05, 0) is 31.4 Å². The lowest BCUT2D eigenvalue weighted by Gasteiger charge is -2.32. The smallest absolute Gasteiger partial charge is 0.308 e. The van der Waals surface area contributed by atoms with E-state index in [9.17, 15) is 44.1 Å². The minimum atomic E-state index is -1.95. The van der Waals surface area contributed by atoms with E-state index in [2.05, 4.69) is 16.0 Å². The van der Waals surface area contributed by atoms with E-state index in [1.54, 1.807) is 0 Å². The second-order valence-corrected chi connectivity index (χ2v) is 10.1. The summed E-state index contributed by atoms with van der Waals surface area (Å²) in [4.78, 5) is 74.9. The van der Waals surface area contributed by atoms with Crippen molar-refractivity contribution >= 4 is 35.6 Å². The van der Waals surface area contributed by atoms with Gasteiger partial charge in [-0.2, -0.15) is 0 Å². The van der Waals surface area contributed by atoms with Crippen LogP contribution in [0, 0.1) is 35.5 Å². The Morgan fingerprint density at radius 2 is 1.37 bits per heavy atom. The van der Waals surface area contributed by atoms with Gasteiger partial charge in [0.2, 0.25) is 17.7 Å². The Morgan fingerprint density at radius 1 is 0.780 bits per heavy atom. The minimum Gasteiger partial charge on any atom is -0.481 e. The molecule has 0 aliphatic heterocycles. The number of nitrogens with one attached hydrogen (secondary N) is 3. The van der Waals surface area contributed by atoms with E-state index in [0.29, 0.717) is 19.5 Å². The van der Waals surface area contributed by atoms with Gasteiger partial charge in [-0.3, -0.25) is 28.8 Å². The Morgan fingerprint density at radius 3 is 1.88 bits per heavy atom. The van der Waals surface area contributed by atoms with Crippen LogP contribution in [0.2, 0.25) is 0 Å². The number of carboxylic acid groups (broad SMARTS) is 3. The molecule has 0 heterocycles. The van der Waals surface area contributed by atoms with Crippen LogP contribution in [0.5, 0.6) is 0 Å². The normalized spacial score (nSPS) is 15.4. The fourth-order valence-electron chi connectivity index (χ4n) is 4.70. The Balaban J connectivity index is 3.32. The highest BCUT2D eigenvalue weighted by molar-refractivity contribution is 5.91. The van der Waals surface area contributed by atoms with Crippen molar-refractivity contribution in [3.05, 3.63) is 35.9 Å². The van der Waals surface area contributed by atoms with Crippen LogP contribution in [0.1, 0.15) is 39.2 Å². The zero-order valence-electron chi connectivity index (χ0n) is 23.7. The van der Waals surface area contributed by atoms with Gasteiger partial charge in [0, 0.05) is 31.5 Å². The third-order valence-corrected chi connectivity index (χ3v) is 7.10. The van der Waals surface area contributed by atoms with Gasteiger partial charge < -0.3 is 37.0 Å². The highest BCUT2D eigenvalue weighted by atomic mass is 16.4. The van der Waals surface area contributed by atoms with Gasteiger partial charge >= 0.3 is 17.9 Å². The van der Waals surface area contributed by atoms with Crippen molar-refractivity contribution < 1.29 is 44.1 Å². The summed E-state index contributed by atoms with van der Waals surface area (Å²) in [5.74, 6) is -16.2. The molecule has 6 unspecified atom stereocenters. The molecule has 0 fully saturated rings. The number of carboxylic acids is 3. The van der Waals surface area contributed by atoms with Gasteiger partial charge in [-0.15, -0.1) is 0 Å². The summed E-state index contributed by atoms with van der Waals surface area (Å²) in [7, 11) is 0. The predicted molar refractivity (Wildman–Crippen MR) is 148 cm³/mol. The van der Waals surface area contributed by atoms with Crippen LogP contribution >= 0.6 is 0 Å². The number of carbonyl (C=O) groups excluding carboxylic acids is 3. The topological polar surface area (TPSA) is 225 Å². The second kappa shape index (κ2) is 17.6. The van der Waals surface area contributed by atoms with Crippen LogP contribution in [-0.2, 0) is 35.2 Å².